The molecule has 2 aromatic rings. The summed E-state index contributed by atoms with van der Waals surface area (Å²) in [6.07, 6.45) is 3.02. The van der Waals surface area contributed by atoms with Gasteiger partial charge in [-0.05, 0) is 37.3 Å². The Balaban J connectivity index is 1.41. The van der Waals surface area contributed by atoms with E-state index in [1.807, 2.05) is 47.0 Å². The number of likely N-dealkylation sites (tertiary alicyclic amines) is 1. The van der Waals surface area contributed by atoms with E-state index in [-0.39, 0.29) is 17.7 Å². The first-order valence-corrected chi connectivity index (χ1v) is 9.81. The van der Waals surface area contributed by atoms with Crippen LogP contribution in [0.3, 0.4) is 0 Å². The Kier molecular flexibility index (Phi) is 5.12. The molecule has 5 nitrogen and oxygen atoms in total. The summed E-state index contributed by atoms with van der Waals surface area (Å²) in [6, 6.07) is 13.0. The third-order valence-electron chi connectivity index (χ3n) is 5.83. The highest BCUT2D eigenvalue weighted by Gasteiger charge is 2.33. The number of nitrogens with zero attached hydrogens (tertiary/aromatic N) is 2. The van der Waals surface area contributed by atoms with Gasteiger partial charge in [0.2, 0.25) is 5.78 Å². The maximum Gasteiger partial charge on any atom is 0.316 e. The Morgan fingerprint density at radius 1 is 1.00 bits per heavy atom. The van der Waals surface area contributed by atoms with E-state index < -0.39 is 0 Å². The number of hydrogen-bond acceptors (Lipinski definition) is 4. The molecule has 0 N–H and O–H groups in total. The van der Waals surface area contributed by atoms with E-state index in [0.717, 1.165) is 37.5 Å². The summed E-state index contributed by atoms with van der Waals surface area (Å²) in [5.74, 6) is 0.309. The summed E-state index contributed by atoms with van der Waals surface area (Å²) >= 11 is 0. The lowest BCUT2D eigenvalue weighted by Crippen LogP contribution is -2.36. The molecule has 0 spiro atoms. The zero-order chi connectivity index (χ0) is 18.8. The maximum absolute atomic E-state index is 12.8. The van der Waals surface area contributed by atoms with Crippen molar-refractivity contribution in [2.75, 3.05) is 19.8 Å². The number of aromatic nitrogens is 1. The Hall–Kier alpha value is -2.40. The number of ketones is 1. The van der Waals surface area contributed by atoms with Crippen molar-refractivity contribution in [1.82, 2.24) is 9.47 Å². The van der Waals surface area contributed by atoms with E-state index in [1.165, 1.54) is 0 Å². The summed E-state index contributed by atoms with van der Waals surface area (Å²) in [4.78, 5) is 27.6. The van der Waals surface area contributed by atoms with Crippen molar-refractivity contribution in [3.8, 4) is 0 Å². The van der Waals surface area contributed by atoms with Crippen molar-refractivity contribution in [3.63, 3.8) is 0 Å². The van der Waals surface area contributed by atoms with Crippen LogP contribution < -0.4 is 0 Å². The fourth-order valence-electron chi connectivity index (χ4n) is 4.06. The molecule has 0 aliphatic carbocycles. The highest BCUT2D eigenvalue weighted by Crippen LogP contribution is 2.32. The number of carbonyl (C=O) groups excluding carboxylic acids is 2. The first-order valence-electron chi connectivity index (χ1n) is 9.81. The van der Waals surface area contributed by atoms with Crippen molar-refractivity contribution in [2.24, 2.45) is 5.92 Å². The minimum atomic E-state index is -0.272. The SMILES string of the molecule is CC1CCN(COC(=O)C2CCn3c(C(=O)c4ccccc4)ccc32)CC1. The van der Waals surface area contributed by atoms with Crippen LogP contribution in [0.1, 0.15) is 53.8 Å². The highest BCUT2D eigenvalue weighted by molar-refractivity contribution is 6.08. The molecule has 0 saturated carbocycles. The van der Waals surface area contributed by atoms with E-state index in [0.29, 0.717) is 31.0 Å². The fraction of sp³-hybridized carbons (Fsp3) is 0.455. The average molecular weight is 366 g/mol. The molecule has 1 saturated heterocycles. The number of piperidine rings is 1. The molecule has 0 amide bonds. The summed E-state index contributed by atoms with van der Waals surface area (Å²) in [5.41, 5.74) is 2.21. The largest absolute Gasteiger partial charge is 0.449 e. The fourth-order valence-corrected chi connectivity index (χ4v) is 4.06. The lowest BCUT2D eigenvalue weighted by Gasteiger charge is -2.29. The second-order valence-corrected chi connectivity index (χ2v) is 7.72. The number of carbonyl (C=O) groups is 2. The topological polar surface area (TPSA) is 51.5 Å². The molecule has 2 aliphatic heterocycles. The zero-order valence-electron chi connectivity index (χ0n) is 15.8. The zero-order valence-corrected chi connectivity index (χ0v) is 15.8. The first-order chi connectivity index (χ1) is 13.1. The summed E-state index contributed by atoms with van der Waals surface area (Å²) in [5, 5.41) is 0. The number of esters is 1. The Morgan fingerprint density at radius 2 is 1.74 bits per heavy atom. The maximum atomic E-state index is 12.8. The van der Waals surface area contributed by atoms with Gasteiger partial charge in [0.15, 0.2) is 0 Å². The lowest BCUT2D eigenvalue weighted by molar-refractivity contribution is -0.151. The van der Waals surface area contributed by atoms with Crippen LogP contribution >= 0.6 is 0 Å². The van der Waals surface area contributed by atoms with Gasteiger partial charge in [0.05, 0.1) is 11.6 Å². The molecule has 2 aliphatic rings. The quantitative estimate of drug-likeness (QED) is 0.601. The molecule has 1 atom stereocenters. The van der Waals surface area contributed by atoms with Gasteiger partial charge in [-0.3, -0.25) is 14.5 Å². The van der Waals surface area contributed by atoms with Crippen LogP contribution in [-0.4, -0.2) is 41.0 Å². The Labute approximate surface area is 159 Å². The molecule has 1 aromatic carbocycles. The molecule has 5 heteroatoms. The molecule has 4 rings (SSSR count). The minimum Gasteiger partial charge on any atom is -0.449 e. The lowest BCUT2D eigenvalue weighted by atomic mass is 10.00. The van der Waals surface area contributed by atoms with Gasteiger partial charge in [-0.15, -0.1) is 0 Å². The van der Waals surface area contributed by atoms with Crippen LogP contribution in [0, 0.1) is 5.92 Å². The van der Waals surface area contributed by atoms with Crippen LogP contribution in [0.4, 0.5) is 0 Å². The molecule has 1 aromatic heterocycles. The number of benzene rings is 1. The molecule has 0 radical (unpaired) electrons. The van der Waals surface area contributed by atoms with Crippen LogP contribution in [0.2, 0.25) is 0 Å². The Morgan fingerprint density at radius 3 is 2.48 bits per heavy atom. The first kappa shape index (κ1) is 18.0. The van der Waals surface area contributed by atoms with E-state index in [4.69, 9.17) is 4.74 Å². The predicted molar refractivity (Wildman–Crippen MR) is 103 cm³/mol. The van der Waals surface area contributed by atoms with E-state index in [1.54, 1.807) is 0 Å². The monoisotopic (exact) mass is 366 g/mol. The van der Waals surface area contributed by atoms with E-state index in [9.17, 15) is 9.59 Å². The van der Waals surface area contributed by atoms with E-state index in [2.05, 4.69) is 11.8 Å². The van der Waals surface area contributed by atoms with Crippen LogP contribution in [0.15, 0.2) is 42.5 Å². The molecule has 3 heterocycles. The van der Waals surface area contributed by atoms with Crippen molar-refractivity contribution in [2.45, 2.75) is 38.6 Å². The molecule has 1 fully saturated rings. The number of hydrogen-bond donors (Lipinski definition) is 0. The summed E-state index contributed by atoms with van der Waals surface area (Å²) < 4.78 is 7.58. The van der Waals surface area contributed by atoms with Crippen molar-refractivity contribution < 1.29 is 14.3 Å². The van der Waals surface area contributed by atoms with Gasteiger partial charge in [0.1, 0.15) is 6.73 Å². The molecular formula is C22H26N2O3. The van der Waals surface area contributed by atoms with Crippen LogP contribution in [-0.2, 0) is 16.1 Å². The van der Waals surface area contributed by atoms with Gasteiger partial charge in [-0.25, -0.2) is 0 Å². The standard InChI is InChI=1S/C22H26N2O3/c1-16-9-12-23(13-10-16)15-27-22(26)18-11-14-24-19(18)7-8-20(24)21(25)17-5-3-2-4-6-17/h2-8,16,18H,9-15H2,1H3. The third-order valence-corrected chi connectivity index (χ3v) is 5.83. The second kappa shape index (κ2) is 7.69. The van der Waals surface area contributed by atoms with Crippen molar-refractivity contribution in [3.05, 3.63) is 59.4 Å². The Bertz CT molecular complexity index is 819. The molecule has 0 bridgehead atoms. The van der Waals surface area contributed by atoms with E-state index >= 15 is 0 Å². The number of fused-ring (bicyclic) bond motifs is 1. The van der Waals surface area contributed by atoms with Gasteiger partial charge in [-0.2, -0.15) is 0 Å². The number of rotatable bonds is 5. The van der Waals surface area contributed by atoms with Crippen molar-refractivity contribution >= 4 is 11.8 Å². The minimum absolute atomic E-state index is 0.00157. The van der Waals surface area contributed by atoms with Crippen LogP contribution in [0.25, 0.3) is 0 Å². The predicted octanol–water partition coefficient (Wildman–Crippen LogP) is 3.44. The van der Waals surface area contributed by atoms with Gasteiger partial charge in [-0.1, -0.05) is 37.3 Å². The van der Waals surface area contributed by atoms with Crippen molar-refractivity contribution in [1.29, 1.82) is 0 Å². The molecular weight excluding hydrogens is 340 g/mol. The van der Waals surface area contributed by atoms with Crippen LogP contribution in [0.5, 0.6) is 0 Å². The third kappa shape index (κ3) is 3.69. The molecule has 142 valence electrons. The molecule has 27 heavy (non-hydrogen) atoms. The summed E-state index contributed by atoms with van der Waals surface area (Å²) in [7, 11) is 0. The van der Waals surface area contributed by atoms with Gasteiger partial charge in [0, 0.05) is 30.9 Å². The van der Waals surface area contributed by atoms with Gasteiger partial charge >= 0.3 is 5.97 Å². The normalized spacial score (nSPS) is 20.4. The highest BCUT2D eigenvalue weighted by atomic mass is 16.5. The van der Waals surface area contributed by atoms with Gasteiger partial charge in [0.25, 0.3) is 0 Å². The smallest absolute Gasteiger partial charge is 0.316 e. The second-order valence-electron chi connectivity index (χ2n) is 7.72. The van der Waals surface area contributed by atoms with Gasteiger partial charge < -0.3 is 9.30 Å². The average Bonchev–Trinajstić information content (AvgIpc) is 3.29. The number of ether oxygens (including phenoxy) is 1. The summed E-state index contributed by atoms with van der Waals surface area (Å²) in [6.45, 7) is 5.30. The molecule has 1 unspecified atom stereocenters.